The number of aliphatic hydroxyl groups is 1. The zero-order valence-corrected chi connectivity index (χ0v) is 30.0. The first kappa shape index (κ1) is 35.2. The van der Waals surface area contributed by atoms with E-state index in [9.17, 15) is 14.7 Å². The highest BCUT2D eigenvalue weighted by Crippen LogP contribution is 2.72. The van der Waals surface area contributed by atoms with Crippen LogP contribution < -0.4 is 0 Å². The predicted molar refractivity (Wildman–Crippen MR) is 180 cm³/mol. The van der Waals surface area contributed by atoms with Gasteiger partial charge in [-0.1, -0.05) is 80.7 Å². The van der Waals surface area contributed by atoms with Gasteiger partial charge in [-0.3, -0.25) is 9.59 Å². The Hall–Kier alpha value is -0.660. The van der Waals surface area contributed by atoms with Crippen LogP contribution in [0.4, 0.5) is 0 Å². The van der Waals surface area contributed by atoms with Crippen LogP contribution in [0, 0.1) is 39.4 Å². The Morgan fingerprint density at radius 2 is 1.63 bits per heavy atom. The average Bonchev–Trinajstić information content (AvgIpc) is 3.19. The summed E-state index contributed by atoms with van der Waals surface area (Å²) in [5.41, 5.74) is 3.99. The van der Waals surface area contributed by atoms with Crippen LogP contribution >= 0.6 is 21.6 Å². The number of ether oxygens (including phenoxy) is 1. The van der Waals surface area contributed by atoms with Crippen molar-refractivity contribution in [2.45, 2.75) is 151 Å². The van der Waals surface area contributed by atoms with E-state index in [1.807, 2.05) is 19.4 Å². The van der Waals surface area contributed by atoms with Crippen molar-refractivity contribution in [3.8, 4) is 0 Å². The van der Waals surface area contributed by atoms with Gasteiger partial charge in [0.05, 0.1) is 18.9 Å². The second-order valence-corrected chi connectivity index (χ2v) is 19.1. The Labute approximate surface area is 269 Å². The number of carboxylic acids is 1. The summed E-state index contributed by atoms with van der Waals surface area (Å²) in [4.78, 5) is 23.1. The predicted octanol–water partition coefficient (Wildman–Crippen LogP) is 9.47. The molecule has 0 aromatic heterocycles. The van der Waals surface area contributed by atoms with E-state index in [2.05, 4.69) is 41.5 Å². The average molecular weight is 637 g/mol. The van der Waals surface area contributed by atoms with E-state index >= 15 is 0 Å². The van der Waals surface area contributed by atoms with Crippen molar-refractivity contribution in [1.82, 2.24) is 0 Å². The number of hydrogen-bond donors (Lipinski definition) is 2. The van der Waals surface area contributed by atoms with Crippen LogP contribution in [0.5, 0.6) is 0 Å². The van der Waals surface area contributed by atoms with Gasteiger partial charge in [0.1, 0.15) is 5.60 Å². The quantitative estimate of drug-likeness (QED) is 0.0901. The Morgan fingerprint density at radius 1 is 0.953 bits per heavy atom. The number of aliphatic carboxylic acids is 1. The third-order valence-electron chi connectivity index (χ3n) is 13.2. The molecule has 0 radical (unpaired) electrons. The molecule has 43 heavy (non-hydrogen) atoms. The van der Waals surface area contributed by atoms with Gasteiger partial charge in [-0.05, 0) is 117 Å². The molecule has 2 fully saturated rings. The van der Waals surface area contributed by atoms with Crippen LogP contribution in [0.2, 0.25) is 0 Å². The largest absolute Gasteiger partial charge is 0.481 e. The summed E-state index contributed by atoms with van der Waals surface area (Å²) < 4.78 is 5.87. The van der Waals surface area contributed by atoms with Crippen LogP contribution in [0.15, 0.2) is 11.1 Å². The number of fused-ring (bicyclic) bond motifs is 4. The number of esters is 1. The van der Waals surface area contributed by atoms with Crippen LogP contribution in [0.3, 0.4) is 0 Å². The molecule has 4 rings (SSSR count). The molecule has 0 aromatic carbocycles. The van der Waals surface area contributed by atoms with E-state index in [-0.39, 0.29) is 34.7 Å². The van der Waals surface area contributed by atoms with Gasteiger partial charge in [0.25, 0.3) is 0 Å². The molecule has 2 saturated carbocycles. The van der Waals surface area contributed by atoms with Crippen molar-refractivity contribution >= 4 is 33.5 Å². The van der Waals surface area contributed by atoms with Crippen LogP contribution in [-0.4, -0.2) is 45.4 Å². The molecule has 0 heterocycles. The molecular weight excluding hydrogens is 577 g/mol. The molecule has 5 nitrogen and oxygen atoms in total. The fourth-order valence-electron chi connectivity index (χ4n) is 10.5. The van der Waals surface area contributed by atoms with Gasteiger partial charge in [-0.2, -0.15) is 0 Å². The number of carboxylic acid groups (broad SMARTS) is 1. The van der Waals surface area contributed by atoms with E-state index in [0.717, 1.165) is 31.6 Å². The molecule has 0 bridgehead atoms. The SMILES string of the molecule is C[C@H](CCCC(C)(C)OC(=O)CCSSCCC(=O)O)[C@H]1CC[C@@]2(C)C3=C(CC[C@]12C)[C@@]1(C)CCC(O)C(C)(C)[C@@H]1CC3. The van der Waals surface area contributed by atoms with Crippen LogP contribution in [-0.2, 0) is 14.3 Å². The van der Waals surface area contributed by atoms with Gasteiger partial charge < -0.3 is 14.9 Å². The minimum absolute atomic E-state index is 0.0105. The summed E-state index contributed by atoms with van der Waals surface area (Å²) in [6, 6.07) is 0. The van der Waals surface area contributed by atoms with Crippen molar-refractivity contribution in [2.75, 3.05) is 11.5 Å². The van der Waals surface area contributed by atoms with Gasteiger partial charge in [-0.15, -0.1) is 0 Å². The van der Waals surface area contributed by atoms with Crippen molar-refractivity contribution in [2.24, 2.45) is 39.4 Å². The molecule has 2 N–H and O–H groups in total. The highest BCUT2D eigenvalue weighted by atomic mass is 33.1. The van der Waals surface area contributed by atoms with E-state index in [1.54, 1.807) is 16.4 Å². The number of hydrogen-bond acceptors (Lipinski definition) is 6. The summed E-state index contributed by atoms with van der Waals surface area (Å²) in [5, 5.41) is 19.6. The zero-order valence-electron chi connectivity index (χ0n) is 28.4. The highest BCUT2D eigenvalue weighted by Gasteiger charge is 2.63. The lowest BCUT2D eigenvalue weighted by Gasteiger charge is -2.62. The van der Waals surface area contributed by atoms with Gasteiger partial charge >= 0.3 is 11.9 Å². The maximum atomic E-state index is 12.5. The fraction of sp³-hybridized carbons (Fsp3) is 0.889. The lowest BCUT2D eigenvalue weighted by Crippen LogP contribution is -2.55. The van der Waals surface area contributed by atoms with Crippen molar-refractivity contribution in [1.29, 1.82) is 0 Å². The summed E-state index contributed by atoms with van der Waals surface area (Å²) >= 11 is 0. The third kappa shape index (κ3) is 6.89. The number of rotatable bonds is 13. The number of allylic oxidation sites excluding steroid dienone is 2. The van der Waals surface area contributed by atoms with Crippen LogP contribution in [0.25, 0.3) is 0 Å². The van der Waals surface area contributed by atoms with Gasteiger partial charge in [0.15, 0.2) is 0 Å². The molecule has 0 aromatic rings. The maximum absolute atomic E-state index is 12.5. The Morgan fingerprint density at radius 3 is 2.30 bits per heavy atom. The van der Waals surface area contributed by atoms with Crippen LogP contribution in [0.1, 0.15) is 139 Å². The minimum Gasteiger partial charge on any atom is -0.481 e. The molecule has 4 aliphatic carbocycles. The number of carbonyl (C=O) groups is 2. The smallest absolute Gasteiger partial charge is 0.307 e. The standard InChI is InChI=1S/C36H60O5S2/c1-24(10-9-18-32(2,3)41-31(40)17-23-43-42-22-16-30(38)39)25-13-20-36(8)27-11-12-28-33(4,5)29(37)15-19-34(28,6)26(27)14-21-35(25,36)7/h24-25,28-29,37H,9-23H2,1-8H3,(H,38,39)/t24-,25-,28+,29?,34-,35-,36+/m1/s1. The van der Waals surface area contributed by atoms with Gasteiger partial charge in [-0.25, -0.2) is 0 Å². The first-order valence-electron chi connectivity index (χ1n) is 17.1. The summed E-state index contributed by atoms with van der Waals surface area (Å²) in [6.07, 6.45) is 13.1. The monoisotopic (exact) mass is 636 g/mol. The van der Waals surface area contributed by atoms with E-state index in [0.29, 0.717) is 35.2 Å². The zero-order chi connectivity index (χ0) is 31.8. The molecule has 0 spiro atoms. The van der Waals surface area contributed by atoms with Crippen molar-refractivity contribution in [3.63, 3.8) is 0 Å². The first-order valence-corrected chi connectivity index (χ1v) is 19.6. The van der Waals surface area contributed by atoms with E-state index < -0.39 is 11.6 Å². The van der Waals surface area contributed by atoms with Crippen molar-refractivity contribution in [3.05, 3.63) is 11.1 Å². The molecule has 7 atom stereocenters. The normalized spacial score (nSPS) is 36.0. The summed E-state index contributed by atoms with van der Waals surface area (Å²) in [7, 11) is 3.05. The first-order chi connectivity index (χ1) is 20.0. The molecule has 0 aliphatic heterocycles. The lowest BCUT2D eigenvalue weighted by atomic mass is 9.43. The molecule has 0 saturated heterocycles. The molecular formula is C36H60O5S2. The Bertz CT molecular complexity index is 1070. The van der Waals surface area contributed by atoms with Crippen molar-refractivity contribution < 1.29 is 24.5 Å². The Balaban J connectivity index is 1.32. The fourth-order valence-corrected chi connectivity index (χ4v) is 12.4. The second-order valence-electron chi connectivity index (χ2n) is 16.4. The molecule has 1 unspecified atom stereocenters. The maximum Gasteiger partial charge on any atom is 0.307 e. The molecule has 4 aliphatic rings. The van der Waals surface area contributed by atoms with E-state index in [4.69, 9.17) is 9.84 Å². The third-order valence-corrected chi connectivity index (χ3v) is 15.6. The molecule has 7 heteroatoms. The Kier molecular flexibility index (Phi) is 10.8. The summed E-state index contributed by atoms with van der Waals surface area (Å²) in [6.45, 7) is 19.0. The molecule has 0 amide bonds. The van der Waals surface area contributed by atoms with E-state index in [1.165, 1.54) is 55.7 Å². The van der Waals surface area contributed by atoms with Gasteiger partial charge in [0.2, 0.25) is 0 Å². The number of aliphatic hydroxyl groups excluding tert-OH is 1. The minimum atomic E-state index is -0.785. The second kappa shape index (κ2) is 13.2. The lowest BCUT2D eigenvalue weighted by molar-refractivity contribution is -0.156. The van der Waals surface area contributed by atoms with Gasteiger partial charge in [0, 0.05) is 11.5 Å². The highest BCUT2D eigenvalue weighted by molar-refractivity contribution is 8.76. The summed E-state index contributed by atoms with van der Waals surface area (Å²) in [5.74, 6) is 2.21. The molecule has 246 valence electrons. The number of carbonyl (C=O) groups excluding carboxylic acids is 1. The topological polar surface area (TPSA) is 83.8 Å².